The van der Waals surface area contributed by atoms with Crippen LogP contribution in [0.5, 0.6) is 0 Å². The molecule has 0 spiro atoms. The summed E-state index contributed by atoms with van der Waals surface area (Å²) in [5.74, 6) is -0.657. The smallest absolute Gasteiger partial charge is 0.347 e. The van der Waals surface area contributed by atoms with Gasteiger partial charge >= 0.3 is 5.97 Å². The molecule has 2 heterocycles. The van der Waals surface area contributed by atoms with E-state index in [0.717, 1.165) is 11.3 Å². The molecule has 0 amide bonds. The lowest BCUT2D eigenvalue weighted by Crippen LogP contribution is -2.32. The predicted octanol–water partition coefficient (Wildman–Crippen LogP) is 1.59. The van der Waals surface area contributed by atoms with E-state index in [2.05, 4.69) is 4.98 Å². The molecular formula is C12H18N2O4S2. The lowest BCUT2D eigenvalue weighted by molar-refractivity contribution is 0.0700. The summed E-state index contributed by atoms with van der Waals surface area (Å²) >= 11 is 1.11. The number of carboxylic acid groups (broad SMARTS) is 1. The summed E-state index contributed by atoms with van der Waals surface area (Å²) in [4.78, 5) is 17.7. The first-order valence-electron chi connectivity index (χ1n) is 6.38. The van der Waals surface area contributed by atoms with E-state index in [1.807, 2.05) is 13.8 Å². The van der Waals surface area contributed by atoms with E-state index in [1.54, 1.807) is 11.9 Å². The van der Waals surface area contributed by atoms with Crippen molar-refractivity contribution >= 4 is 32.3 Å². The van der Waals surface area contributed by atoms with Crippen LogP contribution in [0, 0.1) is 0 Å². The van der Waals surface area contributed by atoms with Crippen molar-refractivity contribution in [2.75, 3.05) is 23.5 Å². The van der Waals surface area contributed by atoms with Gasteiger partial charge in [-0.2, -0.15) is 0 Å². The van der Waals surface area contributed by atoms with Gasteiger partial charge in [0.1, 0.15) is 4.88 Å². The van der Waals surface area contributed by atoms with Crippen LogP contribution in [0.4, 0.5) is 5.13 Å². The van der Waals surface area contributed by atoms with E-state index in [-0.39, 0.29) is 28.3 Å². The third-order valence-corrected chi connectivity index (χ3v) is 6.34. The van der Waals surface area contributed by atoms with Crippen LogP contribution in [-0.2, 0) is 9.84 Å². The van der Waals surface area contributed by atoms with Gasteiger partial charge in [0.25, 0.3) is 0 Å². The molecule has 1 aromatic heterocycles. The Labute approximate surface area is 122 Å². The Kier molecular flexibility index (Phi) is 4.06. The van der Waals surface area contributed by atoms with Gasteiger partial charge < -0.3 is 10.0 Å². The van der Waals surface area contributed by atoms with Crippen LogP contribution in [0.25, 0.3) is 0 Å². The lowest BCUT2D eigenvalue weighted by Gasteiger charge is -2.22. The molecule has 8 heteroatoms. The molecule has 0 saturated carbocycles. The monoisotopic (exact) mass is 318 g/mol. The van der Waals surface area contributed by atoms with E-state index in [1.165, 1.54) is 0 Å². The zero-order valence-electron chi connectivity index (χ0n) is 11.7. The van der Waals surface area contributed by atoms with E-state index in [9.17, 15) is 18.3 Å². The highest BCUT2D eigenvalue weighted by Gasteiger charge is 2.33. The maximum Gasteiger partial charge on any atom is 0.347 e. The van der Waals surface area contributed by atoms with Gasteiger partial charge in [-0.1, -0.05) is 25.2 Å². The summed E-state index contributed by atoms with van der Waals surface area (Å²) in [6, 6.07) is -0.118. The Morgan fingerprint density at radius 3 is 2.55 bits per heavy atom. The normalized spacial score (nSPS) is 21.3. The van der Waals surface area contributed by atoms with Crippen LogP contribution >= 0.6 is 11.3 Å². The van der Waals surface area contributed by atoms with Crippen molar-refractivity contribution in [3.8, 4) is 0 Å². The van der Waals surface area contributed by atoms with Crippen LogP contribution in [0.3, 0.4) is 0 Å². The predicted molar refractivity (Wildman–Crippen MR) is 78.6 cm³/mol. The van der Waals surface area contributed by atoms with Crippen molar-refractivity contribution in [1.29, 1.82) is 0 Å². The average molecular weight is 318 g/mol. The molecule has 1 aliphatic heterocycles. The first kappa shape index (κ1) is 15.2. The number of hydrogen-bond acceptors (Lipinski definition) is 6. The molecule has 1 unspecified atom stereocenters. The molecule has 1 fully saturated rings. The highest BCUT2D eigenvalue weighted by molar-refractivity contribution is 7.91. The van der Waals surface area contributed by atoms with Gasteiger partial charge in [-0.3, -0.25) is 0 Å². The quantitative estimate of drug-likeness (QED) is 0.907. The number of hydrogen-bond donors (Lipinski definition) is 1. The molecular weight excluding hydrogens is 300 g/mol. The largest absolute Gasteiger partial charge is 0.477 e. The van der Waals surface area contributed by atoms with E-state index in [4.69, 9.17) is 0 Å². The Bertz CT molecular complexity index is 621. The molecule has 6 nitrogen and oxygen atoms in total. The summed E-state index contributed by atoms with van der Waals surface area (Å²) < 4.78 is 23.1. The van der Waals surface area contributed by atoms with Crippen molar-refractivity contribution < 1.29 is 18.3 Å². The highest BCUT2D eigenvalue weighted by atomic mass is 32.2. The number of nitrogens with zero attached hydrogens (tertiary/aromatic N) is 2. The van der Waals surface area contributed by atoms with Gasteiger partial charge in [-0.05, 0) is 12.3 Å². The summed E-state index contributed by atoms with van der Waals surface area (Å²) in [6.07, 6.45) is 0.567. The van der Waals surface area contributed by atoms with E-state index in [0.29, 0.717) is 17.2 Å². The molecule has 20 heavy (non-hydrogen) atoms. The maximum atomic E-state index is 11.5. The fourth-order valence-corrected chi connectivity index (χ4v) is 5.12. The number of carboxylic acids is 1. The minimum Gasteiger partial charge on any atom is -0.477 e. The number of aromatic nitrogens is 1. The third-order valence-electron chi connectivity index (χ3n) is 3.44. The number of anilines is 1. The summed E-state index contributed by atoms with van der Waals surface area (Å²) in [7, 11) is -1.19. The zero-order valence-corrected chi connectivity index (χ0v) is 13.3. The van der Waals surface area contributed by atoms with Gasteiger partial charge in [0.15, 0.2) is 15.0 Å². The van der Waals surface area contributed by atoms with Gasteiger partial charge in [-0.25, -0.2) is 18.2 Å². The molecule has 1 N–H and O–H groups in total. The SMILES string of the molecule is CC(C)c1nc(N(C)C2CCS(=O)(=O)C2)sc1C(=O)O. The second-order valence-corrected chi connectivity index (χ2v) is 8.54. The second-order valence-electron chi connectivity index (χ2n) is 5.34. The summed E-state index contributed by atoms with van der Waals surface area (Å²) in [6.45, 7) is 3.79. The minimum absolute atomic E-state index is 0.0202. The maximum absolute atomic E-state index is 11.5. The van der Waals surface area contributed by atoms with Gasteiger partial charge in [0.05, 0.1) is 17.2 Å². The minimum atomic E-state index is -2.97. The van der Waals surface area contributed by atoms with Gasteiger partial charge in [0, 0.05) is 13.1 Å². The molecule has 1 aliphatic rings. The molecule has 0 bridgehead atoms. The van der Waals surface area contributed by atoms with Crippen LogP contribution in [0.15, 0.2) is 0 Å². The summed E-state index contributed by atoms with van der Waals surface area (Å²) in [5.41, 5.74) is 0.560. The van der Waals surface area contributed by atoms with Crippen LogP contribution in [-0.4, -0.2) is 49.1 Å². The molecule has 0 aromatic carbocycles. The summed E-state index contributed by atoms with van der Waals surface area (Å²) in [5, 5.41) is 9.79. The van der Waals surface area contributed by atoms with Crippen LogP contribution < -0.4 is 4.90 Å². The van der Waals surface area contributed by atoms with Crippen molar-refractivity contribution in [2.24, 2.45) is 0 Å². The zero-order chi connectivity index (χ0) is 15.1. The van der Waals surface area contributed by atoms with Gasteiger partial charge in [-0.15, -0.1) is 0 Å². The van der Waals surface area contributed by atoms with Crippen molar-refractivity contribution in [2.45, 2.75) is 32.2 Å². The van der Waals surface area contributed by atoms with Gasteiger partial charge in [0.2, 0.25) is 0 Å². The fourth-order valence-electron chi connectivity index (χ4n) is 2.25. The number of rotatable bonds is 4. The molecule has 112 valence electrons. The second kappa shape index (κ2) is 5.33. The Morgan fingerprint density at radius 2 is 2.15 bits per heavy atom. The van der Waals surface area contributed by atoms with Crippen molar-refractivity contribution in [3.63, 3.8) is 0 Å². The Balaban J connectivity index is 2.29. The number of thiazole rings is 1. The van der Waals surface area contributed by atoms with E-state index >= 15 is 0 Å². The van der Waals surface area contributed by atoms with Crippen LogP contribution in [0.2, 0.25) is 0 Å². The third kappa shape index (κ3) is 2.95. The van der Waals surface area contributed by atoms with E-state index < -0.39 is 15.8 Å². The van der Waals surface area contributed by atoms with Crippen LogP contribution in [0.1, 0.15) is 41.6 Å². The molecule has 1 atom stereocenters. The topological polar surface area (TPSA) is 87.6 Å². The van der Waals surface area contributed by atoms with Crippen molar-refractivity contribution in [3.05, 3.63) is 10.6 Å². The Hall–Kier alpha value is -1.15. The number of aromatic carboxylic acids is 1. The standard InChI is InChI=1S/C12H18N2O4S2/c1-7(2)9-10(11(15)16)19-12(13-9)14(3)8-4-5-20(17,18)6-8/h7-8H,4-6H2,1-3H3,(H,15,16). The molecule has 1 saturated heterocycles. The molecule has 0 aliphatic carbocycles. The average Bonchev–Trinajstić information content (AvgIpc) is 2.91. The molecule has 2 rings (SSSR count). The number of sulfone groups is 1. The Morgan fingerprint density at radius 1 is 1.50 bits per heavy atom. The first-order chi connectivity index (χ1) is 9.21. The molecule has 0 radical (unpaired) electrons. The lowest BCUT2D eigenvalue weighted by atomic mass is 10.1. The molecule has 1 aromatic rings. The first-order valence-corrected chi connectivity index (χ1v) is 9.02. The highest BCUT2D eigenvalue weighted by Crippen LogP contribution is 2.32. The number of carbonyl (C=O) groups is 1. The fraction of sp³-hybridized carbons (Fsp3) is 0.667. The van der Waals surface area contributed by atoms with Crippen molar-refractivity contribution in [1.82, 2.24) is 4.98 Å².